The van der Waals surface area contributed by atoms with Crippen LogP contribution in [-0.4, -0.2) is 61.5 Å². The van der Waals surface area contributed by atoms with Crippen LogP contribution >= 0.6 is 0 Å². The van der Waals surface area contributed by atoms with Crippen molar-refractivity contribution in [2.24, 2.45) is 5.41 Å². The van der Waals surface area contributed by atoms with Crippen LogP contribution in [0.1, 0.15) is 18.4 Å². The monoisotopic (exact) mass is 316 g/mol. The van der Waals surface area contributed by atoms with Crippen molar-refractivity contribution in [3.05, 3.63) is 35.9 Å². The minimum Gasteiger partial charge on any atom is -0.371 e. The van der Waals surface area contributed by atoms with Gasteiger partial charge in [-0.2, -0.15) is 0 Å². The molecule has 2 aliphatic heterocycles. The molecule has 5 nitrogen and oxygen atoms in total. The Kier molecular flexibility index (Phi) is 4.66. The van der Waals surface area contributed by atoms with Gasteiger partial charge in [0.1, 0.15) is 6.61 Å². The summed E-state index contributed by atoms with van der Waals surface area (Å²) in [6, 6.07) is 10.1. The number of hydrogen-bond acceptors (Lipinski definition) is 3. The summed E-state index contributed by atoms with van der Waals surface area (Å²) in [6.07, 6.45) is 2.22. The van der Waals surface area contributed by atoms with E-state index >= 15 is 0 Å². The molecule has 0 aliphatic carbocycles. The molecular weight excluding hydrogens is 292 g/mol. The topological polar surface area (TPSA) is 49.9 Å². The van der Waals surface area contributed by atoms with Gasteiger partial charge in [0, 0.05) is 38.5 Å². The third kappa shape index (κ3) is 3.72. The number of benzene rings is 1. The van der Waals surface area contributed by atoms with Crippen molar-refractivity contribution >= 4 is 11.8 Å². The molecule has 3 rings (SSSR count). The number of likely N-dealkylation sites (tertiary alicyclic amines) is 1. The molecule has 0 N–H and O–H groups in total. The molecule has 1 aromatic carbocycles. The normalized spacial score (nSPS) is 25.0. The third-order valence-electron chi connectivity index (χ3n) is 4.89. The van der Waals surface area contributed by atoms with Crippen molar-refractivity contribution in [2.75, 3.05) is 39.9 Å². The van der Waals surface area contributed by atoms with Gasteiger partial charge in [-0.05, 0) is 18.4 Å². The van der Waals surface area contributed by atoms with Crippen LogP contribution < -0.4 is 0 Å². The summed E-state index contributed by atoms with van der Waals surface area (Å²) in [5, 5.41) is 0. The van der Waals surface area contributed by atoms with Gasteiger partial charge in [-0.1, -0.05) is 30.3 Å². The maximum atomic E-state index is 12.5. The van der Waals surface area contributed by atoms with Gasteiger partial charge < -0.3 is 14.5 Å². The number of hydrogen-bond donors (Lipinski definition) is 0. The Morgan fingerprint density at radius 1 is 1.26 bits per heavy atom. The SMILES string of the molecule is CN1CC2(CCN(C(=O)CCc3ccccc3)C2)COCC1=O. The van der Waals surface area contributed by atoms with Gasteiger partial charge in [0.05, 0.1) is 6.61 Å². The highest BCUT2D eigenvalue weighted by molar-refractivity contribution is 5.78. The summed E-state index contributed by atoms with van der Waals surface area (Å²) >= 11 is 0. The number of aryl methyl sites for hydroxylation is 1. The largest absolute Gasteiger partial charge is 0.371 e. The van der Waals surface area contributed by atoms with E-state index in [1.807, 2.05) is 30.1 Å². The second kappa shape index (κ2) is 6.71. The minimum absolute atomic E-state index is 0.0238. The van der Waals surface area contributed by atoms with E-state index in [0.717, 1.165) is 19.4 Å². The lowest BCUT2D eigenvalue weighted by molar-refractivity contribution is -0.132. The van der Waals surface area contributed by atoms with Crippen LogP contribution in [0.15, 0.2) is 30.3 Å². The van der Waals surface area contributed by atoms with Crippen molar-refractivity contribution in [3.8, 4) is 0 Å². The lowest BCUT2D eigenvalue weighted by Crippen LogP contribution is -2.41. The predicted molar refractivity (Wildman–Crippen MR) is 86.8 cm³/mol. The van der Waals surface area contributed by atoms with E-state index in [4.69, 9.17) is 4.74 Å². The molecule has 1 spiro atoms. The van der Waals surface area contributed by atoms with Gasteiger partial charge in [0.2, 0.25) is 11.8 Å². The van der Waals surface area contributed by atoms with E-state index in [-0.39, 0.29) is 23.8 Å². The van der Waals surface area contributed by atoms with Gasteiger partial charge in [0.15, 0.2) is 0 Å². The molecule has 5 heteroatoms. The fourth-order valence-electron chi connectivity index (χ4n) is 3.55. The molecule has 2 fully saturated rings. The van der Waals surface area contributed by atoms with Crippen molar-refractivity contribution < 1.29 is 14.3 Å². The maximum absolute atomic E-state index is 12.5. The van der Waals surface area contributed by atoms with Gasteiger partial charge in [-0.15, -0.1) is 0 Å². The quantitative estimate of drug-likeness (QED) is 0.845. The Hall–Kier alpha value is -1.88. The number of rotatable bonds is 3. The van der Waals surface area contributed by atoms with E-state index in [0.29, 0.717) is 26.1 Å². The summed E-state index contributed by atoms with van der Waals surface area (Å²) in [6.45, 7) is 2.84. The minimum atomic E-state index is -0.0939. The van der Waals surface area contributed by atoms with Gasteiger partial charge in [0.25, 0.3) is 0 Å². The summed E-state index contributed by atoms with van der Waals surface area (Å²) in [5.74, 6) is 0.222. The van der Waals surface area contributed by atoms with E-state index in [1.165, 1.54) is 5.56 Å². The van der Waals surface area contributed by atoms with Crippen LogP contribution in [0.2, 0.25) is 0 Å². The number of carbonyl (C=O) groups excluding carboxylic acids is 2. The maximum Gasteiger partial charge on any atom is 0.248 e. The molecule has 124 valence electrons. The van der Waals surface area contributed by atoms with Crippen molar-refractivity contribution in [1.82, 2.24) is 9.80 Å². The number of nitrogens with zero attached hydrogens (tertiary/aromatic N) is 2. The Morgan fingerprint density at radius 3 is 2.83 bits per heavy atom. The standard InChI is InChI=1S/C18H24N2O3/c1-19-12-18(14-23-11-17(19)22)9-10-20(13-18)16(21)8-7-15-5-3-2-4-6-15/h2-6H,7-14H2,1H3. The van der Waals surface area contributed by atoms with E-state index in [1.54, 1.807) is 4.90 Å². The first-order valence-corrected chi connectivity index (χ1v) is 8.21. The molecule has 2 heterocycles. The molecule has 2 aliphatic rings. The average molecular weight is 316 g/mol. The smallest absolute Gasteiger partial charge is 0.248 e. The van der Waals surface area contributed by atoms with E-state index in [2.05, 4.69) is 12.1 Å². The Labute approximate surface area is 137 Å². The molecule has 2 amide bonds. The van der Waals surface area contributed by atoms with Crippen LogP contribution in [0.4, 0.5) is 0 Å². The Bertz CT molecular complexity index is 575. The van der Waals surface area contributed by atoms with Crippen LogP contribution in [0.3, 0.4) is 0 Å². The van der Waals surface area contributed by atoms with Gasteiger partial charge >= 0.3 is 0 Å². The second-order valence-corrected chi connectivity index (χ2v) is 6.79. The average Bonchev–Trinajstić information content (AvgIpc) is 2.91. The summed E-state index contributed by atoms with van der Waals surface area (Å²) in [7, 11) is 1.82. The highest BCUT2D eigenvalue weighted by atomic mass is 16.5. The van der Waals surface area contributed by atoms with Crippen LogP contribution in [0, 0.1) is 5.41 Å². The molecule has 1 atom stereocenters. The highest BCUT2D eigenvalue weighted by Crippen LogP contribution is 2.33. The van der Waals surface area contributed by atoms with Crippen molar-refractivity contribution in [3.63, 3.8) is 0 Å². The molecule has 23 heavy (non-hydrogen) atoms. The first-order valence-electron chi connectivity index (χ1n) is 8.21. The molecule has 2 saturated heterocycles. The van der Waals surface area contributed by atoms with Crippen LogP contribution in [-0.2, 0) is 20.7 Å². The summed E-state index contributed by atoms with van der Waals surface area (Å²) in [5.41, 5.74) is 1.10. The number of ether oxygens (including phenoxy) is 1. The number of likely N-dealkylation sites (N-methyl/N-ethyl adjacent to an activating group) is 1. The summed E-state index contributed by atoms with van der Waals surface area (Å²) in [4.78, 5) is 27.9. The molecule has 0 bridgehead atoms. The highest BCUT2D eigenvalue weighted by Gasteiger charge is 2.43. The van der Waals surface area contributed by atoms with Crippen LogP contribution in [0.5, 0.6) is 0 Å². The fourth-order valence-corrected chi connectivity index (χ4v) is 3.55. The van der Waals surface area contributed by atoms with Gasteiger partial charge in [-0.25, -0.2) is 0 Å². The molecule has 0 radical (unpaired) electrons. The molecule has 1 aromatic rings. The van der Waals surface area contributed by atoms with E-state index in [9.17, 15) is 9.59 Å². The Morgan fingerprint density at radius 2 is 2.04 bits per heavy atom. The lowest BCUT2D eigenvalue weighted by Gasteiger charge is -2.29. The first kappa shape index (κ1) is 16.0. The third-order valence-corrected chi connectivity index (χ3v) is 4.89. The van der Waals surface area contributed by atoms with Crippen LogP contribution in [0.25, 0.3) is 0 Å². The zero-order chi connectivity index (χ0) is 16.3. The second-order valence-electron chi connectivity index (χ2n) is 6.79. The number of amides is 2. The van der Waals surface area contributed by atoms with Gasteiger partial charge in [-0.3, -0.25) is 9.59 Å². The molecular formula is C18H24N2O3. The van der Waals surface area contributed by atoms with E-state index < -0.39 is 0 Å². The Balaban J connectivity index is 1.56. The first-order chi connectivity index (χ1) is 11.1. The lowest BCUT2D eigenvalue weighted by atomic mass is 9.88. The number of carbonyl (C=O) groups is 2. The summed E-state index contributed by atoms with van der Waals surface area (Å²) < 4.78 is 5.54. The van der Waals surface area contributed by atoms with Crippen molar-refractivity contribution in [1.29, 1.82) is 0 Å². The zero-order valence-electron chi connectivity index (χ0n) is 13.7. The predicted octanol–water partition coefficient (Wildman–Crippen LogP) is 1.33. The molecule has 0 aromatic heterocycles. The fraction of sp³-hybridized carbons (Fsp3) is 0.556. The van der Waals surface area contributed by atoms with Crippen molar-refractivity contribution in [2.45, 2.75) is 19.3 Å². The zero-order valence-corrected chi connectivity index (χ0v) is 13.7. The molecule has 1 unspecified atom stereocenters. The molecule has 0 saturated carbocycles.